The van der Waals surface area contributed by atoms with Gasteiger partial charge in [0.15, 0.2) is 17.3 Å². The monoisotopic (exact) mass is 256 g/mol. The molecule has 5 heteroatoms. The molecule has 2 heterocycles. The summed E-state index contributed by atoms with van der Waals surface area (Å²) >= 11 is 0. The first-order chi connectivity index (χ1) is 9.24. The number of allylic oxidation sites excluding steroid dienone is 1. The number of carbonyl (C=O) groups excluding carboxylic acids is 1. The van der Waals surface area contributed by atoms with E-state index in [9.17, 15) is 4.79 Å². The average molecular weight is 256 g/mol. The summed E-state index contributed by atoms with van der Waals surface area (Å²) < 4.78 is 12.1. The molecule has 0 amide bonds. The zero-order valence-corrected chi connectivity index (χ0v) is 10.4. The molecule has 0 saturated carbocycles. The second-order valence-electron chi connectivity index (χ2n) is 4.15. The van der Waals surface area contributed by atoms with Gasteiger partial charge in [-0.2, -0.15) is 5.10 Å². The molecule has 0 fully saturated rings. The topological polar surface area (TPSA) is 53.4 Å². The third-order valence-corrected chi connectivity index (χ3v) is 2.92. The van der Waals surface area contributed by atoms with Crippen LogP contribution in [0.3, 0.4) is 0 Å². The van der Waals surface area contributed by atoms with E-state index in [2.05, 4.69) is 5.10 Å². The smallest absolute Gasteiger partial charge is 0.231 e. The minimum Gasteiger partial charge on any atom is -0.454 e. The van der Waals surface area contributed by atoms with Gasteiger partial charge in [-0.1, -0.05) is 0 Å². The molecule has 3 rings (SSSR count). The van der Waals surface area contributed by atoms with Crippen LogP contribution in [-0.4, -0.2) is 22.4 Å². The maximum absolute atomic E-state index is 12.0. The van der Waals surface area contributed by atoms with Crippen LogP contribution in [0.25, 0.3) is 6.08 Å². The Balaban J connectivity index is 1.81. The molecule has 0 saturated heterocycles. The lowest BCUT2D eigenvalue weighted by Gasteiger charge is -1.99. The van der Waals surface area contributed by atoms with Crippen molar-refractivity contribution in [3.8, 4) is 11.5 Å². The van der Waals surface area contributed by atoms with E-state index in [1.165, 1.54) is 6.08 Å². The maximum atomic E-state index is 12.0. The molecule has 96 valence electrons. The first kappa shape index (κ1) is 11.5. The molecule has 2 aromatic rings. The van der Waals surface area contributed by atoms with Crippen LogP contribution in [-0.2, 0) is 7.05 Å². The number of hydrogen-bond donors (Lipinski definition) is 0. The Kier molecular flexibility index (Phi) is 2.79. The minimum atomic E-state index is -0.0838. The highest BCUT2D eigenvalue weighted by atomic mass is 16.7. The summed E-state index contributed by atoms with van der Waals surface area (Å²) in [5.74, 6) is 1.20. The van der Waals surface area contributed by atoms with Crippen molar-refractivity contribution in [2.75, 3.05) is 6.79 Å². The number of nitrogens with zero attached hydrogens (tertiary/aromatic N) is 2. The van der Waals surface area contributed by atoms with E-state index in [1.54, 1.807) is 35.2 Å². The number of aryl methyl sites for hydroxylation is 1. The molecule has 1 aromatic heterocycles. The van der Waals surface area contributed by atoms with Crippen molar-refractivity contribution < 1.29 is 14.3 Å². The van der Waals surface area contributed by atoms with Crippen molar-refractivity contribution >= 4 is 11.9 Å². The summed E-state index contributed by atoms with van der Waals surface area (Å²) in [4.78, 5) is 12.0. The fourth-order valence-electron chi connectivity index (χ4n) is 1.85. The summed E-state index contributed by atoms with van der Waals surface area (Å²) in [6.07, 6.45) is 4.94. The predicted octanol–water partition coefficient (Wildman–Crippen LogP) is 2.04. The van der Waals surface area contributed by atoms with Gasteiger partial charge >= 0.3 is 0 Å². The third kappa shape index (κ3) is 2.22. The van der Waals surface area contributed by atoms with Gasteiger partial charge in [0.2, 0.25) is 6.79 Å². The Labute approximate surface area is 110 Å². The lowest BCUT2D eigenvalue weighted by atomic mass is 10.1. The molecule has 0 atom stereocenters. The molecular formula is C14H12N2O3. The van der Waals surface area contributed by atoms with Gasteiger partial charge in [0.05, 0.1) is 5.69 Å². The molecule has 0 bridgehead atoms. The largest absolute Gasteiger partial charge is 0.454 e. The molecule has 1 aromatic carbocycles. The number of ether oxygens (including phenoxy) is 2. The fraction of sp³-hybridized carbons (Fsp3) is 0.143. The molecule has 0 radical (unpaired) electrons. The average Bonchev–Trinajstić information content (AvgIpc) is 3.03. The summed E-state index contributed by atoms with van der Waals surface area (Å²) in [5.41, 5.74) is 1.44. The zero-order valence-electron chi connectivity index (χ0n) is 10.4. The standard InChI is InChI=1S/C14H12N2O3/c1-16-11(6-7-15-16)3-4-12(17)10-2-5-13-14(8-10)19-9-18-13/h2-8H,9H2,1H3/b4-3+. The Bertz CT molecular complexity index is 658. The van der Waals surface area contributed by atoms with Gasteiger partial charge in [-0.15, -0.1) is 0 Å². The van der Waals surface area contributed by atoms with E-state index in [0.717, 1.165) is 5.69 Å². The van der Waals surface area contributed by atoms with Gasteiger partial charge in [-0.05, 0) is 36.4 Å². The number of ketones is 1. The molecule has 1 aliphatic heterocycles. The predicted molar refractivity (Wildman–Crippen MR) is 69.1 cm³/mol. The van der Waals surface area contributed by atoms with Crippen LogP contribution in [0.1, 0.15) is 16.1 Å². The second kappa shape index (κ2) is 4.61. The van der Waals surface area contributed by atoms with Crippen LogP contribution < -0.4 is 9.47 Å². The van der Waals surface area contributed by atoms with E-state index in [0.29, 0.717) is 17.1 Å². The lowest BCUT2D eigenvalue weighted by Crippen LogP contribution is -1.96. The van der Waals surface area contributed by atoms with E-state index >= 15 is 0 Å². The van der Waals surface area contributed by atoms with Gasteiger partial charge in [-0.25, -0.2) is 0 Å². The summed E-state index contributed by atoms with van der Waals surface area (Å²) in [7, 11) is 1.82. The van der Waals surface area contributed by atoms with E-state index < -0.39 is 0 Å². The van der Waals surface area contributed by atoms with Gasteiger partial charge in [0.1, 0.15) is 0 Å². The number of fused-ring (bicyclic) bond motifs is 1. The highest BCUT2D eigenvalue weighted by Crippen LogP contribution is 2.32. The molecule has 0 N–H and O–H groups in total. The fourth-order valence-corrected chi connectivity index (χ4v) is 1.85. The van der Waals surface area contributed by atoms with Crippen molar-refractivity contribution in [3.63, 3.8) is 0 Å². The minimum absolute atomic E-state index is 0.0838. The summed E-state index contributed by atoms with van der Waals surface area (Å²) in [6.45, 7) is 0.206. The van der Waals surface area contributed by atoms with Crippen LogP contribution in [0.15, 0.2) is 36.5 Å². The van der Waals surface area contributed by atoms with Gasteiger partial charge in [0, 0.05) is 18.8 Å². The Morgan fingerprint density at radius 2 is 2.16 bits per heavy atom. The molecule has 5 nitrogen and oxygen atoms in total. The van der Waals surface area contributed by atoms with Gasteiger partial charge in [-0.3, -0.25) is 9.48 Å². The molecule has 0 aliphatic carbocycles. The van der Waals surface area contributed by atoms with Crippen molar-refractivity contribution in [3.05, 3.63) is 47.8 Å². The van der Waals surface area contributed by atoms with Crippen molar-refractivity contribution in [2.24, 2.45) is 7.05 Å². The highest BCUT2D eigenvalue weighted by Gasteiger charge is 2.15. The maximum Gasteiger partial charge on any atom is 0.231 e. The highest BCUT2D eigenvalue weighted by molar-refractivity contribution is 6.07. The van der Waals surface area contributed by atoms with Crippen LogP contribution in [0, 0.1) is 0 Å². The zero-order chi connectivity index (χ0) is 13.2. The molecule has 0 spiro atoms. The van der Waals surface area contributed by atoms with E-state index in [1.807, 2.05) is 13.1 Å². The SMILES string of the molecule is Cn1nccc1/C=C/C(=O)c1ccc2c(c1)OCO2. The van der Waals surface area contributed by atoms with Gasteiger partial charge in [0.25, 0.3) is 0 Å². The van der Waals surface area contributed by atoms with Gasteiger partial charge < -0.3 is 9.47 Å². The summed E-state index contributed by atoms with van der Waals surface area (Å²) in [6, 6.07) is 7.00. The number of hydrogen-bond acceptors (Lipinski definition) is 4. The molecule has 0 unspecified atom stereocenters. The van der Waals surface area contributed by atoms with Crippen LogP contribution in [0.4, 0.5) is 0 Å². The Hall–Kier alpha value is -2.56. The number of carbonyl (C=O) groups is 1. The van der Waals surface area contributed by atoms with Crippen LogP contribution >= 0.6 is 0 Å². The number of benzene rings is 1. The van der Waals surface area contributed by atoms with Crippen LogP contribution in [0.5, 0.6) is 11.5 Å². The number of rotatable bonds is 3. The Morgan fingerprint density at radius 1 is 1.32 bits per heavy atom. The first-order valence-electron chi connectivity index (χ1n) is 5.84. The molecule has 1 aliphatic rings. The normalized spacial score (nSPS) is 13.1. The van der Waals surface area contributed by atoms with Crippen LogP contribution in [0.2, 0.25) is 0 Å². The Morgan fingerprint density at radius 3 is 2.95 bits per heavy atom. The lowest BCUT2D eigenvalue weighted by molar-refractivity contribution is 0.104. The van der Waals surface area contributed by atoms with E-state index in [-0.39, 0.29) is 12.6 Å². The van der Waals surface area contributed by atoms with Crippen molar-refractivity contribution in [1.82, 2.24) is 9.78 Å². The van der Waals surface area contributed by atoms with Crippen molar-refractivity contribution in [2.45, 2.75) is 0 Å². The second-order valence-corrected chi connectivity index (χ2v) is 4.15. The number of aromatic nitrogens is 2. The third-order valence-electron chi connectivity index (χ3n) is 2.92. The quantitative estimate of drug-likeness (QED) is 0.623. The molecule has 19 heavy (non-hydrogen) atoms. The van der Waals surface area contributed by atoms with Crippen molar-refractivity contribution in [1.29, 1.82) is 0 Å². The first-order valence-corrected chi connectivity index (χ1v) is 5.84. The van der Waals surface area contributed by atoms with E-state index in [4.69, 9.17) is 9.47 Å². The summed E-state index contributed by atoms with van der Waals surface area (Å²) in [5, 5.41) is 4.03. The molecular weight excluding hydrogens is 244 g/mol.